The third-order valence-corrected chi connectivity index (χ3v) is 6.45. The van der Waals surface area contributed by atoms with Crippen molar-refractivity contribution in [1.29, 1.82) is 0 Å². The van der Waals surface area contributed by atoms with Crippen molar-refractivity contribution < 1.29 is 8.42 Å². The van der Waals surface area contributed by atoms with Crippen LogP contribution in [-0.4, -0.2) is 41.0 Å². The average Bonchev–Trinajstić information content (AvgIpc) is 2.94. The Labute approximate surface area is 142 Å². The van der Waals surface area contributed by atoms with Gasteiger partial charge in [0, 0.05) is 23.5 Å². The van der Waals surface area contributed by atoms with Crippen LogP contribution in [0.15, 0.2) is 33.6 Å². The first kappa shape index (κ1) is 15.9. The maximum absolute atomic E-state index is 12.6. The van der Waals surface area contributed by atoms with Gasteiger partial charge in [0.25, 0.3) is 0 Å². The van der Waals surface area contributed by atoms with E-state index in [0.29, 0.717) is 22.8 Å². The number of aromatic amines is 2. The zero-order valence-corrected chi connectivity index (χ0v) is 14.8. The smallest absolute Gasteiger partial charge is 0.243 e. The molecule has 1 saturated heterocycles. The van der Waals surface area contributed by atoms with Gasteiger partial charge in [0.15, 0.2) is 0 Å². The fourth-order valence-corrected chi connectivity index (χ4v) is 4.48. The third kappa shape index (κ3) is 3.17. The van der Waals surface area contributed by atoms with Crippen LogP contribution in [0.2, 0.25) is 0 Å². The number of benzene rings is 1. The lowest BCUT2D eigenvalue weighted by atomic mass is 9.98. The zero-order valence-electron chi connectivity index (χ0n) is 11.6. The number of aromatic nitrogens is 3. The molecular weight excluding hydrogens is 388 g/mol. The fourth-order valence-electron chi connectivity index (χ4n) is 2.60. The fraction of sp³-hybridized carbons (Fsp3) is 0.385. The van der Waals surface area contributed by atoms with Crippen molar-refractivity contribution in [2.45, 2.75) is 23.7 Å². The number of nitrogens with zero attached hydrogens (tertiary/aromatic N) is 2. The second-order valence-electron chi connectivity index (χ2n) is 5.18. The molecule has 1 aromatic heterocycles. The Hall–Kier alpha value is -1.03. The molecule has 0 spiro atoms. The van der Waals surface area contributed by atoms with Crippen molar-refractivity contribution in [2.24, 2.45) is 0 Å². The van der Waals surface area contributed by atoms with Crippen LogP contribution in [0.1, 0.15) is 24.6 Å². The molecule has 0 radical (unpaired) electrons. The van der Waals surface area contributed by atoms with Gasteiger partial charge in [-0.05, 0) is 49.3 Å². The summed E-state index contributed by atoms with van der Waals surface area (Å²) in [5, 5.41) is 5.73. The van der Waals surface area contributed by atoms with Gasteiger partial charge in [-0.2, -0.15) is 4.31 Å². The Morgan fingerprint density at radius 1 is 1.18 bits per heavy atom. The van der Waals surface area contributed by atoms with E-state index < -0.39 is 10.0 Å². The molecule has 0 atom stereocenters. The van der Waals surface area contributed by atoms with Gasteiger partial charge in [-0.25, -0.2) is 13.4 Å². The van der Waals surface area contributed by atoms with Crippen LogP contribution < -0.4 is 0 Å². The highest BCUT2D eigenvalue weighted by Crippen LogP contribution is 2.29. The van der Waals surface area contributed by atoms with E-state index in [1.165, 1.54) is 4.31 Å². The third-order valence-electron chi connectivity index (χ3n) is 3.81. The number of halogens is 1. The summed E-state index contributed by atoms with van der Waals surface area (Å²) in [5.74, 6) is 1.02. The number of hydrogen-bond acceptors (Lipinski definition) is 4. The standard InChI is InChI=1S/C13H15BrN4O2S2/c14-10-1-3-11(4-2-10)22(19,20)18-7-5-9(6-8-18)12-15-13(21)17-16-12/h1-4,9H,5-8H2,(H2,15,16,17,21). The number of sulfonamides is 1. The zero-order chi connectivity index (χ0) is 15.7. The van der Waals surface area contributed by atoms with Gasteiger partial charge < -0.3 is 0 Å². The minimum absolute atomic E-state index is 0.212. The summed E-state index contributed by atoms with van der Waals surface area (Å²) < 4.78 is 28.0. The lowest BCUT2D eigenvalue weighted by Crippen LogP contribution is -2.38. The van der Waals surface area contributed by atoms with E-state index in [-0.39, 0.29) is 5.92 Å². The molecule has 118 valence electrons. The van der Waals surface area contributed by atoms with E-state index >= 15 is 0 Å². The molecule has 6 nitrogen and oxygen atoms in total. The van der Waals surface area contributed by atoms with Crippen molar-refractivity contribution in [3.8, 4) is 0 Å². The van der Waals surface area contributed by atoms with Crippen molar-refractivity contribution in [1.82, 2.24) is 19.5 Å². The number of piperidine rings is 1. The quantitative estimate of drug-likeness (QED) is 0.773. The van der Waals surface area contributed by atoms with Gasteiger partial charge in [-0.3, -0.25) is 10.2 Å². The minimum atomic E-state index is -3.43. The molecule has 0 amide bonds. The minimum Gasteiger partial charge on any atom is -0.285 e. The molecule has 0 saturated carbocycles. The van der Waals surface area contributed by atoms with E-state index in [1.807, 2.05) is 0 Å². The molecule has 2 aromatic rings. The molecule has 1 aliphatic rings. The first-order valence-corrected chi connectivity index (χ1v) is 9.51. The Kier molecular flexibility index (Phi) is 4.49. The lowest BCUT2D eigenvalue weighted by molar-refractivity contribution is 0.314. The topological polar surface area (TPSA) is 81.8 Å². The van der Waals surface area contributed by atoms with E-state index in [1.54, 1.807) is 24.3 Å². The molecule has 2 heterocycles. The van der Waals surface area contributed by atoms with Crippen LogP contribution in [0.25, 0.3) is 0 Å². The monoisotopic (exact) mass is 402 g/mol. The van der Waals surface area contributed by atoms with Crippen LogP contribution in [0.4, 0.5) is 0 Å². The molecule has 0 bridgehead atoms. The molecule has 1 aliphatic heterocycles. The normalized spacial score (nSPS) is 17.7. The predicted molar refractivity (Wildman–Crippen MR) is 88.6 cm³/mol. The summed E-state index contributed by atoms with van der Waals surface area (Å²) in [5.41, 5.74) is 0. The van der Waals surface area contributed by atoms with Crippen LogP contribution in [0.5, 0.6) is 0 Å². The summed E-state index contributed by atoms with van der Waals surface area (Å²) in [7, 11) is -3.43. The van der Waals surface area contributed by atoms with Gasteiger partial charge in [0.1, 0.15) is 5.82 Å². The Morgan fingerprint density at radius 2 is 1.82 bits per heavy atom. The molecule has 1 aromatic carbocycles. The highest BCUT2D eigenvalue weighted by Gasteiger charge is 2.30. The number of rotatable bonds is 3. The van der Waals surface area contributed by atoms with Gasteiger partial charge in [0.05, 0.1) is 4.90 Å². The molecule has 1 fully saturated rings. The highest BCUT2D eigenvalue weighted by molar-refractivity contribution is 9.10. The average molecular weight is 403 g/mol. The lowest BCUT2D eigenvalue weighted by Gasteiger charge is -2.30. The summed E-state index contributed by atoms with van der Waals surface area (Å²) in [6.45, 7) is 0.965. The second-order valence-corrected chi connectivity index (χ2v) is 8.42. The van der Waals surface area contributed by atoms with Crippen molar-refractivity contribution in [3.63, 3.8) is 0 Å². The molecule has 3 rings (SSSR count). The summed E-state index contributed by atoms with van der Waals surface area (Å²) in [6, 6.07) is 6.72. The molecule has 2 N–H and O–H groups in total. The molecule has 22 heavy (non-hydrogen) atoms. The summed E-state index contributed by atoms with van der Waals surface area (Å²) in [4.78, 5) is 4.55. The number of nitrogens with one attached hydrogen (secondary N) is 2. The largest absolute Gasteiger partial charge is 0.285 e. The SMILES string of the molecule is O=S(=O)(c1ccc(Br)cc1)N1CCC(c2nc(=S)[nH][nH]2)CC1. The van der Waals surface area contributed by atoms with E-state index in [0.717, 1.165) is 23.1 Å². The number of H-pyrrole nitrogens is 2. The predicted octanol–water partition coefficient (Wildman–Crippen LogP) is 2.80. The van der Waals surface area contributed by atoms with E-state index in [4.69, 9.17) is 12.2 Å². The van der Waals surface area contributed by atoms with Crippen LogP contribution in [0, 0.1) is 4.77 Å². The highest BCUT2D eigenvalue weighted by atomic mass is 79.9. The van der Waals surface area contributed by atoms with Crippen molar-refractivity contribution >= 4 is 38.2 Å². The van der Waals surface area contributed by atoms with Crippen LogP contribution in [0.3, 0.4) is 0 Å². The molecular formula is C13H15BrN4O2S2. The Balaban J connectivity index is 1.73. The van der Waals surface area contributed by atoms with Crippen molar-refractivity contribution in [2.75, 3.05) is 13.1 Å². The van der Waals surface area contributed by atoms with E-state index in [9.17, 15) is 8.42 Å². The van der Waals surface area contributed by atoms with Gasteiger partial charge in [0.2, 0.25) is 14.8 Å². The molecule has 9 heteroatoms. The van der Waals surface area contributed by atoms with Gasteiger partial charge in [-0.1, -0.05) is 15.9 Å². The van der Waals surface area contributed by atoms with Gasteiger partial charge >= 0.3 is 0 Å². The first-order valence-electron chi connectivity index (χ1n) is 6.87. The van der Waals surface area contributed by atoms with E-state index in [2.05, 4.69) is 31.1 Å². The first-order chi connectivity index (χ1) is 10.5. The Morgan fingerprint density at radius 3 is 2.36 bits per heavy atom. The number of hydrogen-bond donors (Lipinski definition) is 2. The maximum Gasteiger partial charge on any atom is 0.243 e. The second kappa shape index (κ2) is 6.23. The van der Waals surface area contributed by atoms with Gasteiger partial charge in [-0.15, -0.1) is 0 Å². The summed E-state index contributed by atoms with van der Waals surface area (Å²) in [6.07, 6.45) is 1.46. The Bertz CT molecular complexity index is 805. The van der Waals surface area contributed by atoms with Crippen molar-refractivity contribution in [3.05, 3.63) is 39.3 Å². The van der Waals surface area contributed by atoms with Crippen LogP contribution in [-0.2, 0) is 10.0 Å². The molecule has 0 aliphatic carbocycles. The molecule has 0 unspecified atom stereocenters. The maximum atomic E-state index is 12.6. The summed E-state index contributed by atoms with van der Waals surface area (Å²) >= 11 is 8.26. The van der Waals surface area contributed by atoms with Crippen LogP contribution >= 0.6 is 28.1 Å².